The molecule has 1 N–H and O–H groups in total. The lowest BCUT2D eigenvalue weighted by Gasteiger charge is -2.36. The van der Waals surface area contributed by atoms with Crippen molar-refractivity contribution in [2.24, 2.45) is 0 Å². The first-order chi connectivity index (χ1) is 12.7. The second kappa shape index (κ2) is 7.51. The zero-order valence-electron chi connectivity index (χ0n) is 14.7. The van der Waals surface area contributed by atoms with Crippen LogP contribution in [0.25, 0.3) is 0 Å². The predicted molar refractivity (Wildman–Crippen MR) is 101 cm³/mol. The number of anilines is 2. The highest BCUT2D eigenvalue weighted by atomic mass is 32.1. The van der Waals surface area contributed by atoms with Gasteiger partial charge in [-0.1, -0.05) is 23.5 Å². The van der Waals surface area contributed by atoms with Gasteiger partial charge in [0, 0.05) is 32.6 Å². The summed E-state index contributed by atoms with van der Waals surface area (Å²) in [6.07, 6.45) is 0.819. The molecule has 2 amide bonds. The summed E-state index contributed by atoms with van der Waals surface area (Å²) in [5, 5.41) is 3.61. The van der Waals surface area contributed by atoms with Crippen LogP contribution in [0.3, 0.4) is 0 Å². The number of hydrogen-bond donors (Lipinski definition) is 1. The van der Waals surface area contributed by atoms with Gasteiger partial charge in [-0.15, -0.1) is 0 Å². The summed E-state index contributed by atoms with van der Waals surface area (Å²) < 4.78 is 10.9. The molecule has 26 heavy (non-hydrogen) atoms. The molecular weight excluding hydrogens is 352 g/mol. The fraction of sp³-hybridized carbons (Fsp3) is 0.444. The number of hydrogen-bond acceptors (Lipinski definition) is 6. The number of aromatic nitrogens is 1. The minimum atomic E-state index is -0.0864. The molecule has 1 saturated heterocycles. The van der Waals surface area contributed by atoms with E-state index in [1.54, 1.807) is 7.11 Å². The Hall–Kier alpha value is -2.32. The number of piperazine rings is 1. The van der Waals surface area contributed by atoms with Gasteiger partial charge in [-0.2, -0.15) is 0 Å². The molecule has 1 aromatic heterocycles. The molecule has 2 aromatic rings. The lowest BCUT2D eigenvalue weighted by Crippen LogP contribution is -2.50. The maximum atomic E-state index is 12.6. The molecule has 0 atom stereocenters. The molecular formula is C18H22N4O3S. The molecule has 3 heterocycles. The standard InChI is InChI=1S/C18H22N4O3S/c1-24-15-5-3-2-4-14(15)21-7-9-22(10-8-21)18(23)20-17-19-13-6-11-25-12-16(13)26-17/h2-5H,6-12H2,1H3,(H,19,20,23). The third-order valence-corrected chi connectivity index (χ3v) is 5.69. The number of urea groups is 1. The Morgan fingerprint density at radius 1 is 1.27 bits per heavy atom. The van der Waals surface area contributed by atoms with Crippen LogP contribution in [-0.2, 0) is 17.8 Å². The minimum Gasteiger partial charge on any atom is -0.495 e. The minimum absolute atomic E-state index is 0.0864. The monoisotopic (exact) mass is 374 g/mol. The van der Waals surface area contributed by atoms with Gasteiger partial charge in [0.1, 0.15) is 5.75 Å². The first kappa shape index (κ1) is 17.1. The molecule has 0 bridgehead atoms. The van der Waals surface area contributed by atoms with Crippen LogP contribution in [0.5, 0.6) is 5.75 Å². The van der Waals surface area contributed by atoms with Gasteiger partial charge in [-0.05, 0) is 12.1 Å². The van der Waals surface area contributed by atoms with Gasteiger partial charge < -0.3 is 19.3 Å². The Balaban J connectivity index is 1.35. The van der Waals surface area contributed by atoms with Crippen molar-refractivity contribution in [2.75, 3.05) is 50.1 Å². The summed E-state index contributed by atoms with van der Waals surface area (Å²) >= 11 is 1.51. The van der Waals surface area contributed by atoms with Crippen LogP contribution in [0.4, 0.5) is 15.6 Å². The summed E-state index contributed by atoms with van der Waals surface area (Å²) in [4.78, 5) is 22.3. The third kappa shape index (κ3) is 3.47. The zero-order chi connectivity index (χ0) is 17.9. The average molecular weight is 374 g/mol. The SMILES string of the molecule is COc1ccccc1N1CCN(C(=O)Nc2nc3c(s2)COCC3)CC1. The Morgan fingerprint density at radius 3 is 2.85 bits per heavy atom. The summed E-state index contributed by atoms with van der Waals surface area (Å²) in [6, 6.07) is 7.89. The van der Waals surface area contributed by atoms with E-state index in [4.69, 9.17) is 9.47 Å². The van der Waals surface area contributed by atoms with Gasteiger partial charge in [0.2, 0.25) is 0 Å². The number of amides is 2. The molecule has 4 rings (SSSR count). The smallest absolute Gasteiger partial charge is 0.323 e. The summed E-state index contributed by atoms with van der Waals surface area (Å²) in [5.74, 6) is 0.862. The highest BCUT2D eigenvalue weighted by Crippen LogP contribution is 2.29. The van der Waals surface area contributed by atoms with E-state index < -0.39 is 0 Å². The van der Waals surface area contributed by atoms with E-state index in [2.05, 4.69) is 21.3 Å². The van der Waals surface area contributed by atoms with Crippen molar-refractivity contribution in [1.82, 2.24) is 9.88 Å². The zero-order valence-corrected chi connectivity index (χ0v) is 15.6. The average Bonchev–Trinajstić information content (AvgIpc) is 3.10. The van der Waals surface area contributed by atoms with Crippen molar-refractivity contribution in [1.29, 1.82) is 0 Å². The van der Waals surface area contributed by atoms with Gasteiger partial charge in [-0.3, -0.25) is 5.32 Å². The number of fused-ring (bicyclic) bond motifs is 1. The van der Waals surface area contributed by atoms with Crippen LogP contribution in [0.1, 0.15) is 10.6 Å². The largest absolute Gasteiger partial charge is 0.495 e. The number of benzene rings is 1. The first-order valence-electron chi connectivity index (χ1n) is 8.75. The van der Waals surface area contributed by atoms with Gasteiger partial charge in [0.05, 0.1) is 36.6 Å². The van der Waals surface area contributed by atoms with E-state index >= 15 is 0 Å². The van der Waals surface area contributed by atoms with Gasteiger partial charge in [-0.25, -0.2) is 9.78 Å². The number of methoxy groups -OCH3 is 1. The van der Waals surface area contributed by atoms with E-state index in [0.29, 0.717) is 31.4 Å². The molecule has 0 saturated carbocycles. The summed E-state index contributed by atoms with van der Waals surface area (Å²) in [6.45, 7) is 4.18. The molecule has 0 unspecified atom stereocenters. The highest BCUT2D eigenvalue weighted by molar-refractivity contribution is 7.15. The molecule has 0 spiro atoms. The first-order valence-corrected chi connectivity index (χ1v) is 9.56. The van der Waals surface area contributed by atoms with E-state index in [1.165, 1.54) is 11.3 Å². The number of carbonyl (C=O) groups excluding carboxylic acids is 1. The topological polar surface area (TPSA) is 66.9 Å². The molecule has 1 fully saturated rings. The Morgan fingerprint density at radius 2 is 2.08 bits per heavy atom. The van der Waals surface area contributed by atoms with Crippen LogP contribution in [-0.4, -0.2) is 55.8 Å². The highest BCUT2D eigenvalue weighted by Gasteiger charge is 2.24. The van der Waals surface area contributed by atoms with Crippen LogP contribution in [0.15, 0.2) is 24.3 Å². The van der Waals surface area contributed by atoms with E-state index in [1.807, 2.05) is 23.1 Å². The number of ether oxygens (including phenoxy) is 2. The van der Waals surface area contributed by atoms with E-state index in [0.717, 1.165) is 41.5 Å². The number of nitrogens with zero attached hydrogens (tertiary/aromatic N) is 3. The molecule has 0 aliphatic carbocycles. The summed E-state index contributed by atoms with van der Waals surface area (Å²) in [7, 11) is 1.68. The third-order valence-electron chi connectivity index (χ3n) is 4.70. The van der Waals surface area contributed by atoms with Crippen LogP contribution in [0.2, 0.25) is 0 Å². The van der Waals surface area contributed by atoms with Crippen molar-refractivity contribution in [3.8, 4) is 5.75 Å². The summed E-state index contributed by atoms with van der Waals surface area (Å²) in [5.41, 5.74) is 2.13. The van der Waals surface area contributed by atoms with Crippen molar-refractivity contribution in [3.05, 3.63) is 34.8 Å². The van der Waals surface area contributed by atoms with E-state index in [9.17, 15) is 4.79 Å². The molecule has 7 nitrogen and oxygen atoms in total. The van der Waals surface area contributed by atoms with Gasteiger partial charge in [0.25, 0.3) is 0 Å². The second-order valence-corrected chi connectivity index (χ2v) is 7.35. The number of rotatable bonds is 3. The predicted octanol–water partition coefficient (Wildman–Crippen LogP) is 2.58. The quantitative estimate of drug-likeness (QED) is 0.894. The van der Waals surface area contributed by atoms with Crippen LogP contribution >= 0.6 is 11.3 Å². The Labute approximate surface area is 156 Å². The van der Waals surface area contributed by atoms with Gasteiger partial charge >= 0.3 is 6.03 Å². The lowest BCUT2D eigenvalue weighted by atomic mass is 10.2. The molecule has 2 aliphatic heterocycles. The fourth-order valence-corrected chi connectivity index (χ4v) is 4.23. The lowest BCUT2D eigenvalue weighted by molar-refractivity contribution is 0.112. The van der Waals surface area contributed by atoms with Crippen molar-refractivity contribution in [2.45, 2.75) is 13.0 Å². The second-order valence-electron chi connectivity index (χ2n) is 6.27. The van der Waals surface area contributed by atoms with Crippen LogP contribution in [0, 0.1) is 0 Å². The molecule has 0 radical (unpaired) electrons. The number of para-hydroxylation sites is 2. The molecule has 8 heteroatoms. The maximum Gasteiger partial charge on any atom is 0.323 e. The van der Waals surface area contributed by atoms with Crippen molar-refractivity contribution < 1.29 is 14.3 Å². The van der Waals surface area contributed by atoms with Crippen molar-refractivity contribution >= 4 is 28.2 Å². The molecule has 2 aliphatic rings. The Bertz CT molecular complexity index is 763. The number of thiazole rings is 1. The van der Waals surface area contributed by atoms with Crippen molar-refractivity contribution in [3.63, 3.8) is 0 Å². The number of nitrogens with one attached hydrogen (secondary N) is 1. The Kier molecular flexibility index (Phi) is 4.94. The maximum absolute atomic E-state index is 12.6. The number of carbonyl (C=O) groups is 1. The van der Waals surface area contributed by atoms with Gasteiger partial charge in [0.15, 0.2) is 5.13 Å². The van der Waals surface area contributed by atoms with E-state index in [-0.39, 0.29) is 6.03 Å². The molecule has 1 aromatic carbocycles. The normalized spacial score (nSPS) is 17.0. The van der Waals surface area contributed by atoms with Crippen LogP contribution < -0.4 is 15.0 Å². The molecule has 138 valence electrons. The fourth-order valence-electron chi connectivity index (χ4n) is 3.29.